The number of rotatable bonds is 4. The maximum absolute atomic E-state index is 12.7. The fourth-order valence-electron chi connectivity index (χ4n) is 3.61. The molecule has 0 bridgehead atoms. The highest BCUT2D eigenvalue weighted by molar-refractivity contribution is 5.79. The van der Waals surface area contributed by atoms with Gasteiger partial charge in [-0.1, -0.05) is 18.2 Å². The molecule has 1 amide bonds. The number of benzene rings is 1. The van der Waals surface area contributed by atoms with Crippen LogP contribution in [-0.2, 0) is 22.1 Å². The third kappa shape index (κ3) is 4.95. The minimum Gasteiger partial charge on any atom is -0.381 e. The summed E-state index contributed by atoms with van der Waals surface area (Å²) in [6.45, 7) is 3.32. The van der Waals surface area contributed by atoms with E-state index in [0.29, 0.717) is 11.6 Å². The zero-order chi connectivity index (χ0) is 17.9. The summed E-state index contributed by atoms with van der Waals surface area (Å²) in [5.41, 5.74) is -0.337. The normalized spacial score (nSPS) is 22.9. The molecule has 1 N–H and O–H groups in total. The Labute approximate surface area is 145 Å². The van der Waals surface area contributed by atoms with Gasteiger partial charge in [0.05, 0.1) is 12.0 Å². The van der Waals surface area contributed by atoms with Gasteiger partial charge in [0.15, 0.2) is 0 Å². The van der Waals surface area contributed by atoms with Crippen LogP contribution >= 0.6 is 0 Å². The lowest BCUT2D eigenvalue weighted by molar-refractivity contribution is -0.137. The van der Waals surface area contributed by atoms with E-state index in [1.54, 1.807) is 6.07 Å². The van der Waals surface area contributed by atoms with Crippen molar-refractivity contribution in [2.24, 2.45) is 0 Å². The molecule has 0 aromatic heterocycles. The quantitative estimate of drug-likeness (QED) is 0.902. The summed E-state index contributed by atoms with van der Waals surface area (Å²) >= 11 is 0. The van der Waals surface area contributed by atoms with Crippen LogP contribution in [0.1, 0.15) is 30.4 Å². The van der Waals surface area contributed by atoms with Gasteiger partial charge in [-0.3, -0.25) is 9.69 Å². The Hall–Kier alpha value is -1.60. The average molecular weight is 356 g/mol. The Morgan fingerprint density at radius 1 is 1.24 bits per heavy atom. The lowest BCUT2D eigenvalue weighted by Gasteiger charge is -2.31. The maximum atomic E-state index is 12.7. The number of halogens is 3. The van der Waals surface area contributed by atoms with Gasteiger partial charge in [0.1, 0.15) is 0 Å². The van der Waals surface area contributed by atoms with Gasteiger partial charge in [0.2, 0.25) is 5.91 Å². The van der Waals surface area contributed by atoms with Crippen LogP contribution in [-0.4, -0.2) is 49.2 Å². The van der Waals surface area contributed by atoms with Gasteiger partial charge >= 0.3 is 6.18 Å². The monoisotopic (exact) mass is 356 g/mol. The summed E-state index contributed by atoms with van der Waals surface area (Å²) in [7, 11) is 0. The molecule has 2 aliphatic heterocycles. The first-order valence-corrected chi connectivity index (χ1v) is 8.69. The van der Waals surface area contributed by atoms with Gasteiger partial charge in [-0.25, -0.2) is 0 Å². The van der Waals surface area contributed by atoms with Gasteiger partial charge in [0, 0.05) is 38.4 Å². The van der Waals surface area contributed by atoms with Crippen molar-refractivity contribution >= 4 is 5.91 Å². The third-order valence-corrected chi connectivity index (χ3v) is 4.91. The average Bonchev–Trinajstić information content (AvgIpc) is 3.03. The van der Waals surface area contributed by atoms with Crippen LogP contribution in [0.2, 0.25) is 0 Å². The molecular weight excluding hydrogens is 333 g/mol. The second-order valence-corrected chi connectivity index (χ2v) is 6.77. The van der Waals surface area contributed by atoms with E-state index >= 15 is 0 Å². The van der Waals surface area contributed by atoms with Crippen molar-refractivity contribution in [3.05, 3.63) is 35.4 Å². The largest absolute Gasteiger partial charge is 0.416 e. The molecular formula is C18H23F3N2O2. The van der Waals surface area contributed by atoms with Crippen molar-refractivity contribution in [2.75, 3.05) is 26.3 Å². The van der Waals surface area contributed by atoms with Crippen molar-refractivity contribution in [1.82, 2.24) is 10.2 Å². The van der Waals surface area contributed by atoms with Crippen LogP contribution in [0.25, 0.3) is 0 Å². The fraction of sp³-hybridized carbons (Fsp3) is 0.611. The Kier molecular flexibility index (Phi) is 5.64. The molecule has 4 nitrogen and oxygen atoms in total. The Bertz CT molecular complexity index is 600. The van der Waals surface area contributed by atoms with Crippen LogP contribution in [0.3, 0.4) is 0 Å². The second-order valence-electron chi connectivity index (χ2n) is 6.77. The second kappa shape index (κ2) is 7.74. The highest BCUT2D eigenvalue weighted by atomic mass is 19.4. The summed E-state index contributed by atoms with van der Waals surface area (Å²) in [6, 6.07) is 5.54. The number of nitrogens with one attached hydrogen (secondary N) is 1. The van der Waals surface area contributed by atoms with Crippen molar-refractivity contribution < 1.29 is 22.7 Å². The SMILES string of the molecule is O=C(Cc1cccc(C(F)(F)F)c1)NC1CCN(C2CCOCC2)C1. The van der Waals surface area contributed by atoms with Crippen molar-refractivity contribution in [3.8, 4) is 0 Å². The summed E-state index contributed by atoms with van der Waals surface area (Å²) in [5, 5.41) is 2.96. The molecule has 0 radical (unpaired) electrons. The van der Waals surface area contributed by atoms with E-state index in [2.05, 4.69) is 10.2 Å². The molecule has 1 aromatic rings. The zero-order valence-electron chi connectivity index (χ0n) is 14.0. The zero-order valence-corrected chi connectivity index (χ0v) is 14.0. The predicted molar refractivity (Wildman–Crippen MR) is 87.1 cm³/mol. The van der Waals surface area contributed by atoms with Gasteiger partial charge < -0.3 is 10.1 Å². The molecule has 0 spiro atoms. The number of carbonyl (C=O) groups is 1. The minimum absolute atomic E-state index is 0.0301. The molecule has 1 aromatic carbocycles. The highest BCUT2D eigenvalue weighted by Gasteiger charge is 2.31. The number of alkyl halides is 3. The van der Waals surface area contributed by atoms with E-state index in [-0.39, 0.29) is 18.4 Å². The molecule has 138 valence electrons. The van der Waals surface area contributed by atoms with E-state index < -0.39 is 11.7 Å². The molecule has 2 fully saturated rings. The van der Waals surface area contributed by atoms with Gasteiger partial charge in [-0.15, -0.1) is 0 Å². The summed E-state index contributed by atoms with van der Waals surface area (Å²) < 4.78 is 43.6. The third-order valence-electron chi connectivity index (χ3n) is 4.91. The van der Waals surface area contributed by atoms with Gasteiger partial charge in [-0.05, 0) is 30.9 Å². The molecule has 2 heterocycles. The van der Waals surface area contributed by atoms with E-state index in [9.17, 15) is 18.0 Å². The number of carbonyl (C=O) groups excluding carboxylic acids is 1. The topological polar surface area (TPSA) is 41.6 Å². The molecule has 7 heteroatoms. The molecule has 25 heavy (non-hydrogen) atoms. The van der Waals surface area contributed by atoms with Crippen LogP contribution in [0, 0.1) is 0 Å². The van der Waals surface area contributed by atoms with E-state index in [0.717, 1.165) is 57.7 Å². The van der Waals surface area contributed by atoms with Crippen molar-refractivity contribution in [3.63, 3.8) is 0 Å². The van der Waals surface area contributed by atoms with Crippen LogP contribution < -0.4 is 5.32 Å². The van der Waals surface area contributed by atoms with Crippen LogP contribution in [0.4, 0.5) is 13.2 Å². The molecule has 2 saturated heterocycles. The lowest BCUT2D eigenvalue weighted by Crippen LogP contribution is -2.42. The van der Waals surface area contributed by atoms with Crippen LogP contribution in [0.5, 0.6) is 0 Å². The standard InChI is InChI=1S/C18H23F3N2O2/c19-18(20,21)14-3-1-2-13(10-14)11-17(24)22-15-4-7-23(12-15)16-5-8-25-9-6-16/h1-3,10,15-16H,4-9,11-12H2,(H,22,24). The predicted octanol–water partition coefficient (Wildman–Crippen LogP) is 2.62. The number of amides is 1. The first-order chi connectivity index (χ1) is 11.9. The Morgan fingerprint density at radius 2 is 2.00 bits per heavy atom. The Morgan fingerprint density at radius 3 is 2.72 bits per heavy atom. The number of ether oxygens (including phenoxy) is 1. The Balaban J connectivity index is 1.50. The first kappa shape index (κ1) is 18.2. The number of nitrogens with zero attached hydrogens (tertiary/aromatic N) is 1. The molecule has 0 saturated carbocycles. The molecule has 1 unspecified atom stereocenters. The summed E-state index contributed by atoms with van der Waals surface area (Å²) in [5.74, 6) is -0.224. The van der Waals surface area contributed by atoms with E-state index in [4.69, 9.17) is 4.74 Å². The highest BCUT2D eigenvalue weighted by Crippen LogP contribution is 2.29. The van der Waals surface area contributed by atoms with E-state index in [1.807, 2.05) is 0 Å². The number of hydrogen-bond donors (Lipinski definition) is 1. The lowest BCUT2D eigenvalue weighted by atomic mass is 10.1. The fourth-order valence-corrected chi connectivity index (χ4v) is 3.61. The van der Waals surface area contributed by atoms with Gasteiger partial charge in [-0.2, -0.15) is 13.2 Å². The molecule has 2 aliphatic rings. The number of likely N-dealkylation sites (tertiary alicyclic amines) is 1. The van der Waals surface area contributed by atoms with Crippen molar-refractivity contribution in [1.29, 1.82) is 0 Å². The first-order valence-electron chi connectivity index (χ1n) is 8.69. The van der Waals surface area contributed by atoms with Gasteiger partial charge in [0.25, 0.3) is 0 Å². The van der Waals surface area contributed by atoms with E-state index in [1.165, 1.54) is 6.07 Å². The smallest absolute Gasteiger partial charge is 0.381 e. The summed E-state index contributed by atoms with van der Waals surface area (Å²) in [4.78, 5) is 14.6. The minimum atomic E-state index is -4.39. The molecule has 3 rings (SSSR count). The molecule has 0 aliphatic carbocycles. The molecule has 1 atom stereocenters. The van der Waals surface area contributed by atoms with Crippen LogP contribution in [0.15, 0.2) is 24.3 Å². The summed E-state index contributed by atoms with van der Waals surface area (Å²) in [6.07, 6.45) is -1.50. The maximum Gasteiger partial charge on any atom is 0.416 e. The number of hydrogen-bond acceptors (Lipinski definition) is 3. The van der Waals surface area contributed by atoms with Crippen molar-refractivity contribution in [2.45, 2.75) is 43.9 Å².